The van der Waals surface area contributed by atoms with Crippen molar-refractivity contribution >= 4 is 21.2 Å². The van der Waals surface area contributed by atoms with Crippen molar-refractivity contribution in [1.29, 1.82) is 0 Å². The molecule has 0 saturated heterocycles. The maximum atomic E-state index is 12.8. The average Bonchev–Trinajstić information content (AvgIpc) is 2.98. The van der Waals surface area contributed by atoms with Crippen LogP contribution in [0.25, 0.3) is 0 Å². The van der Waals surface area contributed by atoms with Gasteiger partial charge >= 0.3 is 0 Å². The largest absolute Gasteiger partial charge is 0.506 e. The highest BCUT2D eigenvalue weighted by molar-refractivity contribution is 14.1. The Morgan fingerprint density at radius 2 is 0.659 bits per heavy atom. The number of benzene rings is 1. The highest BCUT2D eigenvalue weighted by atomic mass is 127. The van der Waals surface area contributed by atoms with Gasteiger partial charge in [-0.05, 0) is 73.6 Å². The molecular weight excluding hydrogens is 615 g/mol. The van der Waals surface area contributed by atoms with Crippen LogP contribution in [-0.2, 0) is 28.8 Å². The summed E-state index contributed by atoms with van der Waals surface area (Å²) >= 11 is -1.39. The first-order valence-electron chi connectivity index (χ1n) is 18.3. The Hall–Kier alpha value is -0.450. The molecule has 0 spiro atoms. The van der Waals surface area contributed by atoms with Crippen LogP contribution in [0.5, 0.6) is 5.75 Å². The van der Waals surface area contributed by atoms with Crippen molar-refractivity contribution in [3.05, 3.63) is 25.8 Å². The van der Waals surface area contributed by atoms with Crippen LogP contribution in [-0.4, -0.2) is 5.11 Å². The third-order valence-electron chi connectivity index (χ3n) is 9.05. The summed E-state index contributed by atoms with van der Waals surface area (Å²) < 4.78 is 13.6. The standard InChI is InChI=1S/C38H69IO2/c1-5-9-13-17-21-25-29-33-34(30-26-22-18-14-10-6-2)36(32-28-24-20-16-12-8-4)38(40)37(39-41)35(33)31-27-23-19-15-11-7-3/h40H,5-32H2,1-4H3. The van der Waals surface area contributed by atoms with Gasteiger partial charge in [0.2, 0.25) is 0 Å². The van der Waals surface area contributed by atoms with Crippen molar-refractivity contribution in [2.75, 3.05) is 0 Å². The van der Waals surface area contributed by atoms with Crippen molar-refractivity contribution in [2.45, 2.75) is 207 Å². The van der Waals surface area contributed by atoms with Gasteiger partial charge in [0, 0.05) is 0 Å². The Morgan fingerprint density at radius 3 is 1.00 bits per heavy atom. The summed E-state index contributed by atoms with van der Waals surface area (Å²) in [7, 11) is 0. The lowest BCUT2D eigenvalue weighted by Gasteiger charge is -2.23. The summed E-state index contributed by atoms with van der Waals surface area (Å²) in [5, 5.41) is 11.7. The normalized spacial score (nSPS) is 11.5. The molecule has 0 aliphatic carbocycles. The smallest absolute Gasteiger partial charge is 0.186 e. The summed E-state index contributed by atoms with van der Waals surface area (Å²) in [4.78, 5) is 0. The van der Waals surface area contributed by atoms with Gasteiger partial charge < -0.3 is 5.11 Å². The molecule has 2 nitrogen and oxygen atoms in total. The quantitative estimate of drug-likeness (QED) is 0.0674. The fraction of sp³-hybridized carbons (Fsp3) is 0.842. The first-order valence-corrected chi connectivity index (χ1v) is 20.3. The molecule has 0 amide bonds. The fourth-order valence-corrected chi connectivity index (χ4v) is 7.86. The Morgan fingerprint density at radius 1 is 0.390 bits per heavy atom. The molecule has 1 N–H and O–H groups in total. The number of phenols is 1. The van der Waals surface area contributed by atoms with E-state index in [1.165, 1.54) is 164 Å². The van der Waals surface area contributed by atoms with Crippen LogP contribution in [0.3, 0.4) is 0 Å². The minimum atomic E-state index is -1.39. The van der Waals surface area contributed by atoms with E-state index < -0.39 is 21.2 Å². The van der Waals surface area contributed by atoms with E-state index in [1.54, 1.807) is 0 Å². The second kappa shape index (κ2) is 27.1. The second-order valence-electron chi connectivity index (χ2n) is 12.7. The Labute approximate surface area is 267 Å². The molecule has 0 atom stereocenters. The molecule has 0 fully saturated rings. The molecule has 1 aromatic carbocycles. The highest BCUT2D eigenvalue weighted by Crippen LogP contribution is 2.40. The molecule has 0 unspecified atom stereocenters. The van der Waals surface area contributed by atoms with E-state index in [2.05, 4.69) is 27.7 Å². The molecular formula is C38H69IO2. The zero-order valence-electron chi connectivity index (χ0n) is 28.0. The average molecular weight is 685 g/mol. The molecule has 0 aromatic heterocycles. The van der Waals surface area contributed by atoms with E-state index >= 15 is 0 Å². The molecule has 0 saturated carbocycles. The van der Waals surface area contributed by atoms with Gasteiger partial charge in [-0.3, -0.25) is 3.07 Å². The summed E-state index contributed by atoms with van der Waals surface area (Å²) in [6.07, 6.45) is 35.1. The summed E-state index contributed by atoms with van der Waals surface area (Å²) in [5.74, 6) is 0.440. The number of phenolic OH excluding ortho intramolecular Hbond substituents is 1. The van der Waals surface area contributed by atoms with E-state index in [0.29, 0.717) is 5.75 Å². The Balaban J connectivity index is 3.24. The zero-order chi connectivity index (χ0) is 30.0. The monoisotopic (exact) mass is 684 g/mol. The number of unbranched alkanes of at least 4 members (excludes halogenated alkanes) is 20. The van der Waals surface area contributed by atoms with E-state index in [9.17, 15) is 8.18 Å². The van der Waals surface area contributed by atoms with Crippen LogP contribution in [0, 0.1) is 3.57 Å². The van der Waals surface area contributed by atoms with Crippen LogP contribution in [0.15, 0.2) is 0 Å². The molecule has 0 aliphatic rings. The molecule has 3 heteroatoms. The van der Waals surface area contributed by atoms with Crippen molar-refractivity contribution < 1.29 is 8.18 Å². The lowest BCUT2D eigenvalue weighted by Crippen LogP contribution is -2.10. The van der Waals surface area contributed by atoms with E-state index in [0.717, 1.165) is 42.1 Å². The van der Waals surface area contributed by atoms with Crippen molar-refractivity contribution in [1.82, 2.24) is 0 Å². The molecule has 0 heterocycles. The lowest BCUT2D eigenvalue weighted by molar-refractivity contribution is 0.457. The van der Waals surface area contributed by atoms with Crippen molar-refractivity contribution in [2.24, 2.45) is 0 Å². The SMILES string of the molecule is CCCCCCCCc1c(O)c(I=O)c(CCCCCCCC)c(CCCCCCCC)c1CCCCCCCC. The number of rotatable bonds is 29. The minimum absolute atomic E-state index is 0.440. The summed E-state index contributed by atoms with van der Waals surface area (Å²) in [5.41, 5.74) is 5.49. The molecule has 240 valence electrons. The van der Waals surface area contributed by atoms with Crippen LogP contribution in [0.2, 0.25) is 0 Å². The number of hydrogen-bond acceptors (Lipinski definition) is 2. The van der Waals surface area contributed by atoms with Crippen LogP contribution in [0.1, 0.15) is 204 Å². The van der Waals surface area contributed by atoms with Crippen molar-refractivity contribution in [3.8, 4) is 5.75 Å². The molecule has 0 radical (unpaired) electrons. The predicted molar refractivity (Wildman–Crippen MR) is 190 cm³/mol. The van der Waals surface area contributed by atoms with Gasteiger partial charge in [-0.2, -0.15) is 0 Å². The minimum Gasteiger partial charge on any atom is -0.506 e. The molecule has 0 aliphatic heterocycles. The molecule has 1 aromatic rings. The van der Waals surface area contributed by atoms with E-state index in [4.69, 9.17) is 0 Å². The Kier molecular flexibility index (Phi) is 25.5. The Bertz CT molecular complexity index is 772. The van der Waals surface area contributed by atoms with Crippen LogP contribution < -0.4 is 0 Å². The van der Waals surface area contributed by atoms with Crippen molar-refractivity contribution in [3.63, 3.8) is 0 Å². The first kappa shape index (κ1) is 38.6. The maximum absolute atomic E-state index is 12.8. The van der Waals surface area contributed by atoms with E-state index in [1.807, 2.05) is 0 Å². The van der Waals surface area contributed by atoms with Gasteiger partial charge in [0.1, 0.15) is 5.75 Å². The zero-order valence-corrected chi connectivity index (χ0v) is 30.2. The fourth-order valence-electron chi connectivity index (χ4n) is 6.46. The molecule has 0 bridgehead atoms. The van der Waals surface area contributed by atoms with Crippen LogP contribution >= 0.6 is 21.2 Å². The molecule has 1 rings (SSSR count). The third-order valence-corrected chi connectivity index (χ3v) is 10.7. The number of hydrogen-bond donors (Lipinski definition) is 1. The first-order chi connectivity index (χ1) is 20.2. The molecule has 41 heavy (non-hydrogen) atoms. The third kappa shape index (κ3) is 16.8. The van der Waals surface area contributed by atoms with Gasteiger partial charge in [-0.1, -0.05) is 156 Å². The van der Waals surface area contributed by atoms with E-state index in [-0.39, 0.29) is 0 Å². The number of aromatic hydroxyl groups is 1. The second-order valence-corrected chi connectivity index (χ2v) is 14.2. The van der Waals surface area contributed by atoms with Gasteiger partial charge in [0.05, 0.1) is 3.57 Å². The van der Waals surface area contributed by atoms with Gasteiger partial charge in [0.15, 0.2) is 21.2 Å². The van der Waals surface area contributed by atoms with Gasteiger partial charge in [-0.25, -0.2) is 0 Å². The lowest BCUT2D eigenvalue weighted by atomic mass is 9.85. The predicted octanol–water partition coefficient (Wildman–Crippen LogP) is 13.5. The highest BCUT2D eigenvalue weighted by Gasteiger charge is 2.23. The van der Waals surface area contributed by atoms with Gasteiger partial charge in [0.25, 0.3) is 0 Å². The number of halogens is 1. The van der Waals surface area contributed by atoms with Gasteiger partial charge in [-0.15, -0.1) is 0 Å². The summed E-state index contributed by atoms with van der Waals surface area (Å²) in [6, 6.07) is 0. The topological polar surface area (TPSA) is 37.3 Å². The summed E-state index contributed by atoms with van der Waals surface area (Å²) in [6.45, 7) is 9.13. The van der Waals surface area contributed by atoms with Crippen LogP contribution in [0.4, 0.5) is 0 Å². The maximum Gasteiger partial charge on any atom is 0.186 e.